The maximum Gasteiger partial charge on any atom is 0.271 e. The van der Waals surface area contributed by atoms with E-state index in [2.05, 4.69) is 9.71 Å². The van der Waals surface area contributed by atoms with Gasteiger partial charge in [0.1, 0.15) is 10.0 Å². The molecule has 4 rings (SSSR count). The van der Waals surface area contributed by atoms with E-state index in [1.165, 1.54) is 11.3 Å². The van der Waals surface area contributed by atoms with Gasteiger partial charge in [0.2, 0.25) is 0 Å². The molecule has 0 saturated carbocycles. The fourth-order valence-corrected chi connectivity index (χ4v) is 5.76. The number of aryl methyl sites for hydroxylation is 3. The van der Waals surface area contributed by atoms with Crippen LogP contribution >= 0.6 is 11.3 Å². The number of sulfonamides is 1. The van der Waals surface area contributed by atoms with Crippen LogP contribution in [-0.4, -0.2) is 18.0 Å². The summed E-state index contributed by atoms with van der Waals surface area (Å²) in [5.41, 5.74) is 2.32. The van der Waals surface area contributed by atoms with Crippen molar-refractivity contribution in [3.8, 4) is 5.69 Å². The smallest absolute Gasteiger partial charge is 0.271 e. The number of rotatable bonds is 5. The Morgan fingerprint density at radius 2 is 1.83 bits per heavy atom. The Bertz CT molecular complexity index is 1420. The van der Waals surface area contributed by atoms with Crippen molar-refractivity contribution in [2.24, 2.45) is 0 Å². The number of aromatic nitrogens is 2. The number of benzene rings is 2. The maximum atomic E-state index is 13.0. The van der Waals surface area contributed by atoms with Crippen LogP contribution in [0.1, 0.15) is 23.2 Å². The lowest BCUT2D eigenvalue weighted by Crippen LogP contribution is -2.22. The van der Waals surface area contributed by atoms with E-state index in [4.69, 9.17) is 0 Å². The third-order valence-corrected chi connectivity index (χ3v) is 7.99. The van der Waals surface area contributed by atoms with E-state index in [1.54, 1.807) is 41.8 Å². The fourth-order valence-electron chi connectivity index (χ4n) is 3.34. The topological polar surface area (TPSA) is 81.1 Å². The van der Waals surface area contributed by atoms with E-state index in [1.807, 2.05) is 38.1 Å². The van der Waals surface area contributed by atoms with Crippen LogP contribution in [0.4, 0.5) is 5.69 Å². The van der Waals surface area contributed by atoms with Gasteiger partial charge in [-0.05, 0) is 68.3 Å². The Morgan fingerprint density at radius 1 is 1.07 bits per heavy atom. The molecule has 0 aliphatic carbocycles. The molecule has 154 valence electrons. The first kappa shape index (κ1) is 20.3. The molecule has 30 heavy (non-hydrogen) atoms. The van der Waals surface area contributed by atoms with Gasteiger partial charge in [0.25, 0.3) is 15.6 Å². The van der Waals surface area contributed by atoms with Gasteiger partial charge < -0.3 is 0 Å². The van der Waals surface area contributed by atoms with Crippen molar-refractivity contribution in [3.63, 3.8) is 0 Å². The predicted octanol–water partition coefficient (Wildman–Crippen LogP) is 4.43. The number of fused-ring (bicyclic) bond motifs is 1. The van der Waals surface area contributed by atoms with Gasteiger partial charge in [0, 0.05) is 4.88 Å². The number of para-hydroxylation sites is 1. The number of nitrogens with one attached hydrogen (secondary N) is 1. The van der Waals surface area contributed by atoms with Crippen molar-refractivity contribution < 1.29 is 8.42 Å². The highest BCUT2D eigenvalue weighted by atomic mass is 32.2. The summed E-state index contributed by atoms with van der Waals surface area (Å²) in [4.78, 5) is 18.5. The predicted molar refractivity (Wildman–Crippen MR) is 121 cm³/mol. The summed E-state index contributed by atoms with van der Waals surface area (Å²) in [7, 11) is -3.66. The zero-order valence-electron chi connectivity index (χ0n) is 16.8. The van der Waals surface area contributed by atoms with Crippen molar-refractivity contribution in [1.29, 1.82) is 0 Å². The molecule has 6 nitrogen and oxygen atoms in total. The highest BCUT2D eigenvalue weighted by Crippen LogP contribution is 2.27. The van der Waals surface area contributed by atoms with Gasteiger partial charge in [0.15, 0.2) is 0 Å². The summed E-state index contributed by atoms with van der Waals surface area (Å²) in [5, 5.41) is 0.537. The van der Waals surface area contributed by atoms with Gasteiger partial charge in [-0.15, -0.1) is 11.3 Å². The summed E-state index contributed by atoms with van der Waals surface area (Å²) in [6.07, 6.45) is 0.793. The lowest BCUT2D eigenvalue weighted by molar-refractivity contribution is 0.603. The van der Waals surface area contributed by atoms with E-state index in [-0.39, 0.29) is 9.77 Å². The van der Waals surface area contributed by atoms with Crippen molar-refractivity contribution in [2.45, 2.75) is 31.4 Å². The number of hydrogen-bond donors (Lipinski definition) is 1. The molecule has 4 aromatic rings. The average molecular weight is 440 g/mol. The molecule has 8 heteroatoms. The average Bonchev–Trinajstić information content (AvgIpc) is 3.20. The molecule has 0 fully saturated rings. The molecule has 0 unspecified atom stereocenters. The molecular formula is C22H21N3O3S2. The normalized spacial score (nSPS) is 11.7. The molecule has 0 spiro atoms. The first-order valence-corrected chi connectivity index (χ1v) is 11.8. The Morgan fingerprint density at radius 3 is 2.53 bits per heavy atom. The van der Waals surface area contributed by atoms with Crippen molar-refractivity contribution in [3.05, 3.63) is 81.2 Å². The Labute approximate surface area is 178 Å². The number of hydrogen-bond acceptors (Lipinski definition) is 5. The molecule has 0 radical (unpaired) electrons. The highest BCUT2D eigenvalue weighted by Gasteiger charge is 2.18. The highest BCUT2D eigenvalue weighted by molar-refractivity contribution is 7.94. The third-order valence-electron chi connectivity index (χ3n) is 4.91. The van der Waals surface area contributed by atoms with Crippen LogP contribution in [0.2, 0.25) is 0 Å². The maximum absolute atomic E-state index is 13.0. The molecule has 2 aromatic carbocycles. The first-order chi connectivity index (χ1) is 14.3. The van der Waals surface area contributed by atoms with E-state index < -0.39 is 10.0 Å². The van der Waals surface area contributed by atoms with E-state index in [0.29, 0.717) is 33.7 Å². The van der Waals surface area contributed by atoms with Gasteiger partial charge in [0.05, 0.1) is 22.3 Å². The molecule has 2 heterocycles. The Kier molecular flexibility index (Phi) is 5.21. The molecular weight excluding hydrogens is 418 g/mol. The van der Waals surface area contributed by atoms with E-state index in [9.17, 15) is 13.2 Å². The summed E-state index contributed by atoms with van der Waals surface area (Å²) in [5.74, 6) is 0.567. The van der Waals surface area contributed by atoms with Crippen LogP contribution < -0.4 is 10.3 Å². The van der Waals surface area contributed by atoms with Crippen molar-refractivity contribution >= 4 is 38.0 Å². The number of nitrogens with zero attached hydrogens (tertiary/aromatic N) is 2. The second-order valence-corrected chi connectivity index (χ2v) is 10.1. The van der Waals surface area contributed by atoms with Crippen LogP contribution in [0.25, 0.3) is 16.6 Å². The lowest BCUT2D eigenvalue weighted by Gasteiger charge is -2.14. The largest absolute Gasteiger partial charge is 0.279 e. The third kappa shape index (κ3) is 3.64. The molecule has 1 N–H and O–H groups in total. The summed E-state index contributed by atoms with van der Waals surface area (Å²) >= 11 is 1.27. The van der Waals surface area contributed by atoms with Crippen LogP contribution in [0.3, 0.4) is 0 Å². The zero-order chi connectivity index (χ0) is 21.5. The summed E-state index contributed by atoms with van der Waals surface area (Å²) in [6, 6.07) is 15.9. The quantitative estimate of drug-likeness (QED) is 0.499. The molecule has 0 bridgehead atoms. The van der Waals surface area contributed by atoms with Gasteiger partial charge >= 0.3 is 0 Å². The first-order valence-electron chi connectivity index (χ1n) is 9.51. The van der Waals surface area contributed by atoms with E-state index in [0.717, 1.165) is 11.3 Å². The zero-order valence-corrected chi connectivity index (χ0v) is 18.5. The van der Waals surface area contributed by atoms with Gasteiger partial charge in [-0.25, -0.2) is 13.4 Å². The molecule has 0 amide bonds. The molecule has 0 saturated heterocycles. The summed E-state index contributed by atoms with van der Waals surface area (Å²) in [6.45, 7) is 5.58. The minimum absolute atomic E-state index is 0.156. The minimum Gasteiger partial charge on any atom is -0.279 e. The SMILES string of the molecule is CCc1ccc(S(=O)(=O)Nc2ccc(-n3c(C)nc4ccccc4c3=O)cc2C)s1. The molecule has 0 aliphatic rings. The van der Waals surface area contributed by atoms with Crippen molar-refractivity contribution in [2.75, 3.05) is 4.72 Å². The summed E-state index contributed by atoms with van der Waals surface area (Å²) < 4.78 is 29.9. The Balaban J connectivity index is 1.72. The van der Waals surface area contributed by atoms with E-state index >= 15 is 0 Å². The molecule has 0 atom stereocenters. The van der Waals surface area contributed by atoms with Gasteiger partial charge in [-0.2, -0.15) is 0 Å². The number of anilines is 1. The van der Waals surface area contributed by atoms with Crippen LogP contribution in [0.15, 0.2) is 63.6 Å². The van der Waals surface area contributed by atoms with Gasteiger partial charge in [-0.3, -0.25) is 14.1 Å². The van der Waals surface area contributed by atoms with Crippen molar-refractivity contribution in [1.82, 2.24) is 9.55 Å². The fraction of sp³-hybridized carbons (Fsp3) is 0.182. The molecule has 2 aromatic heterocycles. The van der Waals surface area contributed by atoms with Crippen LogP contribution in [-0.2, 0) is 16.4 Å². The monoisotopic (exact) mass is 439 g/mol. The minimum atomic E-state index is -3.66. The molecule has 0 aliphatic heterocycles. The second-order valence-electron chi connectivity index (χ2n) is 7.00. The number of thiophene rings is 1. The van der Waals surface area contributed by atoms with Crippen LogP contribution in [0, 0.1) is 13.8 Å². The van der Waals surface area contributed by atoms with Gasteiger partial charge in [-0.1, -0.05) is 19.1 Å². The lowest BCUT2D eigenvalue weighted by atomic mass is 10.1. The van der Waals surface area contributed by atoms with Crippen LogP contribution in [0.5, 0.6) is 0 Å². The Hall–Kier alpha value is -2.97. The second kappa shape index (κ2) is 7.70. The standard InChI is InChI=1S/C22H21N3O3S2/c1-4-17-10-12-21(29-17)30(27,28)24-19-11-9-16(13-14(19)2)25-15(3)23-20-8-6-5-7-18(20)22(25)26/h5-13,24H,4H2,1-3H3.